The second kappa shape index (κ2) is 10.00. The Labute approximate surface area is 232 Å². The molecular weight excluding hydrogens is 475 g/mol. The minimum atomic E-state index is -0.374. The minimum absolute atomic E-state index is 0.362. The van der Waals surface area contributed by atoms with Crippen LogP contribution in [0.3, 0.4) is 0 Å². The second-order valence-corrected chi connectivity index (χ2v) is 11.3. The van der Waals surface area contributed by atoms with Crippen LogP contribution in [0.2, 0.25) is 0 Å². The van der Waals surface area contributed by atoms with Crippen molar-refractivity contribution in [2.24, 2.45) is 0 Å². The van der Waals surface area contributed by atoms with Crippen LogP contribution in [-0.4, -0.2) is 18.3 Å². The van der Waals surface area contributed by atoms with Gasteiger partial charge >= 0.3 is 7.12 Å². The lowest BCUT2D eigenvalue weighted by Crippen LogP contribution is -2.41. The van der Waals surface area contributed by atoms with E-state index in [4.69, 9.17) is 9.31 Å². The van der Waals surface area contributed by atoms with Crippen LogP contribution >= 0.6 is 0 Å². The lowest BCUT2D eigenvalue weighted by molar-refractivity contribution is 0.00578. The molecule has 0 N–H and O–H groups in total. The van der Waals surface area contributed by atoms with Gasteiger partial charge in [0.2, 0.25) is 0 Å². The zero-order chi connectivity index (χ0) is 27.0. The Hall–Kier alpha value is -3.92. The van der Waals surface area contributed by atoms with Crippen LogP contribution in [-0.2, 0) is 9.31 Å². The largest absolute Gasteiger partial charge is 0.494 e. The highest BCUT2D eigenvalue weighted by atomic mass is 16.7. The Morgan fingerprint density at radius 3 is 1.15 bits per heavy atom. The summed E-state index contributed by atoms with van der Waals surface area (Å²) in [6.45, 7) is 8.36. The van der Waals surface area contributed by atoms with Crippen molar-refractivity contribution in [1.82, 2.24) is 0 Å². The molecule has 1 aliphatic rings. The van der Waals surface area contributed by atoms with Gasteiger partial charge in [0.25, 0.3) is 0 Å². The maximum absolute atomic E-state index is 6.30. The van der Waals surface area contributed by atoms with Crippen LogP contribution in [0, 0.1) is 0 Å². The van der Waals surface area contributed by atoms with Crippen molar-refractivity contribution in [1.29, 1.82) is 0 Å². The summed E-state index contributed by atoms with van der Waals surface area (Å²) in [7, 11) is -0.374. The summed E-state index contributed by atoms with van der Waals surface area (Å²) < 4.78 is 12.6. The topological polar surface area (TPSA) is 18.5 Å². The normalized spacial score (nSPS) is 15.8. The summed E-state index contributed by atoms with van der Waals surface area (Å²) in [6.07, 6.45) is 0. The first-order chi connectivity index (χ1) is 18.8. The third-order valence-corrected chi connectivity index (χ3v) is 8.11. The molecule has 1 saturated heterocycles. The summed E-state index contributed by atoms with van der Waals surface area (Å²) >= 11 is 0. The molecule has 0 unspecified atom stereocenters. The summed E-state index contributed by atoms with van der Waals surface area (Å²) in [5.41, 5.74) is 9.89. The van der Waals surface area contributed by atoms with Gasteiger partial charge in [0.15, 0.2) is 0 Å². The van der Waals surface area contributed by atoms with Crippen LogP contribution in [0.1, 0.15) is 27.7 Å². The Kier molecular flexibility index (Phi) is 6.50. The predicted octanol–water partition coefficient (Wildman–Crippen LogP) is 8.65. The van der Waals surface area contributed by atoms with Crippen molar-refractivity contribution >= 4 is 12.6 Å². The van der Waals surface area contributed by atoms with Gasteiger partial charge in [-0.3, -0.25) is 0 Å². The van der Waals surface area contributed by atoms with Gasteiger partial charge in [-0.2, -0.15) is 0 Å². The van der Waals surface area contributed by atoms with Gasteiger partial charge in [0.05, 0.1) is 11.2 Å². The lowest BCUT2D eigenvalue weighted by Gasteiger charge is -2.32. The predicted molar refractivity (Wildman–Crippen MR) is 164 cm³/mol. The fourth-order valence-electron chi connectivity index (χ4n) is 5.11. The van der Waals surface area contributed by atoms with Crippen molar-refractivity contribution in [2.75, 3.05) is 0 Å². The molecule has 5 aromatic carbocycles. The van der Waals surface area contributed by atoms with E-state index in [2.05, 4.69) is 155 Å². The van der Waals surface area contributed by atoms with Gasteiger partial charge in [-0.05, 0) is 95.9 Å². The van der Waals surface area contributed by atoms with Crippen molar-refractivity contribution in [2.45, 2.75) is 38.9 Å². The molecule has 0 radical (unpaired) electrons. The van der Waals surface area contributed by atoms with Crippen LogP contribution in [0.4, 0.5) is 0 Å². The molecule has 0 saturated carbocycles. The standard InChI is InChI=1S/C36H33BO2/c1-35(2)36(3,4)39-37(38-35)34-21-11-20-33(25-34)32-19-10-18-31(24-32)30-17-9-16-29(23-30)28-15-8-14-27(22-28)26-12-6-5-7-13-26/h5-25H,1-4H3. The number of rotatable bonds is 5. The van der Waals surface area contributed by atoms with Crippen molar-refractivity contribution in [3.63, 3.8) is 0 Å². The molecule has 0 amide bonds. The molecule has 0 aromatic heterocycles. The van der Waals surface area contributed by atoms with E-state index < -0.39 is 0 Å². The molecule has 192 valence electrons. The lowest BCUT2D eigenvalue weighted by atomic mass is 9.78. The maximum Gasteiger partial charge on any atom is 0.494 e. The molecule has 3 heteroatoms. The summed E-state index contributed by atoms with van der Waals surface area (Å²) in [5, 5.41) is 0. The Morgan fingerprint density at radius 1 is 0.385 bits per heavy atom. The number of hydrogen-bond acceptors (Lipinski definition) is 2. The Balaban J connectivity index is 1.30. The van der Waals surface area contributed by atoms with E-state index in [9.17, 15) is 0 Å². The average molecular weight is 508 g/mol. The molecule has 0 bridgehead atoms. The summed E-state index contributed by atoms with van der Waals surface area (Å²) in [5.74, 6) is 0. The Bertz CT molecular complexity index is 1600. The fourth-order valence-corrected chi connectivity index (χ4v) is 5.11. The maximum atomic E-state index is 6.30. The molecule has 39 heavy (non-hydrogen) atoms. The smallest absolute Gasteiger partial charge is 0.399 e. The fraction of sp³-hybridized carbons (Fsp3) is 0.167. The van der Waals surface area contributed by atoms with E-state index >= 15 is 0 Å². The van der Waals surface area contributed by atoms with Gasteiger partial charge in [0, 0.05) is 0 Å². The highest BCUT2D eigenvalue weighted by Gasteiger charge is 2.51. The summed E-state index contributed by atoms with van der Waals surface area (Å²) in [4.78, 5) is 0. The minimum Gasteiger partial charge on any atom is -0.399 e. The van der Waals surface area contributed by atoms with E-state index in [1.807, 2.05) is 0 Å². The van der Waals surface area contributed by atoms with Gasteiger partial charge in [-0.1, -0.05) is 109 Å². The molecule has 0 atom stereocenters. The highest BCUT2D eigenvalue weighted by molar-refractivity contribution is 6.62. The molecule has 1 aliphatic heterocycles. The summed E-state index contributed by atoms with van der Waals surface area (Å²) in [6, 6.07) is 45.4. The monoisotopic (exact) mass is 508 g/mol. The average Bonchev–Trinajstić information content (AvgIpc) is 3.20. The molecule has 1 fully saturated rings. The SMILES string of the molecule is CC1(C)OB(c2cccc(-c3cccc(-c4cccc(-c5cccc(-c6ccccc6)c5)c4)c3)c2)OC1(C)C. The van der Waals surface area contributed by atoms with E-state index in [0.717, 1.165) is 11.0 Å². The van der Waals surface area contributed by atoms with Crippen LogP contribution in [0.15, 0.2) is 127 Å². The van der Waals surface area contributed by atoms with Gasteiger partial charge in [-0.25, -0.2) is 0 Å². The first-order valence-corrected chi connectivity index (χ1v) is 13.6. The van der Waals surface area contributed by atoms with Crippen LogP contribution in [0.25, 0.3) is 44.5 Å². The van der Waals surface area contributed by atoms with Crippen molar-refractivity contribution in [3.8, 4) is 44.5 Å². The third kappa shape index (κ3) is 5.08. The van der Waals surface area contributed by atoms with E-state index in [0.29, 0.717) is 0 Å². The highest BCUT2D eigenvalue weighted by Crippen LogP contribution is 2.37. The van der Waals surface area contributed by atoms with E-state index in [-0.39, 0.29) is 18.3 Å². The molecule has 2 nitrogen and oxygen atoms in total. The van der Waals surface area contributed by atoms with E-state index in [1.165, 1.54) is 38.9 Å². The van der Waals surface area contributed by atoms with Crippen LogP contribution in [0.5, 0.6) is 0 Å². The van der Waals surface area contributed by atoms with Crippen molar-refractivity contribution in [3.05, 3.63) is 127 Å². The number of benzene rings is 5. The zero-order valence-corrected chi connectivity index (χ0v) is 23.0. The first-order valence-electron chi connectivity index (χ1n) is 13.6. The molecule has 6 rings (SSSR count). The van der Waals surface area contributed by atoms with E-state index in [1.54, 1.807) is 0 Å². The molecule has 1 heterocycles. The first kappa shape index (κ1) is 25.4. The zero-order valence-electron chi connectivity index (χ0n) is 23.0. The molecule has 5 aromatic rings. The van der Waals surface area contributed by atoms with Crippen LogP contribution < -0.4 is 5.46 Å². The van der Waals surface area contributed by atoms with Crippen molar-refractivity contribution < 1.29 is 9.31 Å². The third-order valence-electron chi connectivity index (χ3n) is 8.11. The molecule has 0 aliphatic carbocycles. The Morgan fingerprint density at radius 2 is 0.718 bits per heavy atom. The van der Waals surface area contributed by atoms with Gasteiger partial charge in [0.1, 0.15) is 0 Å². The molecular formula is C36H33BO2. The second-order valence-electron chi connectivity index (χ2n) is 11.3. The quantitative estimate of drug-likeness (QED) is 0.221. The van der Waals surface area contributed by atoms with Gasteiger partial charge in [-0.15, -0.1) is 0 Å². The number of hydrogen-bond donors (Lipinski definition) is 0. The molecule has 0 spiro atoms. The van der Waals surface area contributed by atoms with Gasteiger partial charge < -0.3 is 9.31 Å².